The summed E-state index contributed by atoms with van der Waals surface area (Å²) in [4.78, 5) is 27.3. The zero-order chi connectivity index (χ0) is 20.1. The van der Waals surface area contributed by atoms with Crippen LogP contribution in [0.2, 0.25) is 0 Å². The molecule has 0 aromatic carbocycles. The molecule has 27 heavy (non-hydrogen) atoms. The number of carbonyl (C=O) groups excluding carboxylic acids is 1. The number of rotatable bonds is 8. The third kappa shape index (κ3) is 6.32. The fraction of sp³-hybridized carbons (Fsp3) is 0.667. The highest BCUT2D eigenvalue weighted by Gasteiger charge is 2.35. The van der Waals surface area contributed by atoms with E-state index in [9.17, 15) is 19.3 Å². The van der Waals surface area contributed by atoms with Crippen LogP contribution in [0, 0.1) is 0 Å². The molecule has 3 unspecified atom stereocenters. The number of nitrogen functional groups attached to an aromatic ring is 1. The number of aliphatic hydroxyl groups excluding tert-OH is 1. The van der Waals surface area contributed by atoms with Crippen molar-refractivity contribution in [2.75, 3.05) is 12.3 Å². The van der Waals surface area contributed by atoms with E-state index in [4.69, 9.17) is 15.0 Å². The molecule has 0 bridgehead atoms. The molecule has 0 spiro atoms. The second-order valence-electron chi connectivity index (χ2n) is 6.42. The Hall–Kier alpha value is -1.39. The van der Waals surface area contributed by atoms with Crippen LogP contribution in [0.4, 0.5) is 5.82 Å². The normalized spacial score (nSPS) is 24.7. The number of hydrogen-bond donors (Lipinski definition) is 3. The molecule has 1 saturated heterocycles. The van der Waals surface area contributed by atoms with Gasteiger partial charge < -0.3 is 20.1 Å². The molecule has 1 aliphatic heterocycles. The summed E-state index contributed by atoms with van der Waals surface area (Å²) in [5.41, 5.74) is 4.99. The highest BCUT2D eigenvalue weighted by atomic mass is 32.2. The maximum absolute atomic E-state index is 12.0. The van der Waals surface area contributed by atoms with Gasteiger partial charge in [0.25, 0.3) is 8.18 Å². The van der Waals surface area contributed by atoms with E-state index in [1.54, 1.807) is 13.8 Å². The molecule has 0 saturated carbocycles. The van der Waals surface area contributed by atoms with Crippen LogP contribution >= 0.6 is 19.9 Å². The monoisotopic (exact) mass is 420 g/mol. The molecule has 0 amide bonds. The fourth-order valence-corrected chi connectivity index (χ4v) is 4.90. The van der Waals surface area contributed by atoms with Gasteiger partial charge in [0.1, 0.15) is 11.9 Å². The van der Waals surface area contributed by atoms with E-state index in [-0.39, 0.29) is 29.2 Å². The van der Waals surface area contributed by atoms with Crippen molar-refractivity contribution in [1.82, 2.24) is 14.6 Å². The second kappa shape index (κ2) is 9.70. The van der Waals surface area contributed by atoms with E-state index in [0.717, 1.165) is 0 Å². The summed E-state index contributed by atoms with van der Waals surface area (Å²) in [6.07, 6.45) is 0.862. The standard InChI is InChI=1S/C15H25N4O6PS/c1-8(2)25-14(21)9(3)18-26(23)24-7-11-10(20)6-13(27-11)19-5-4-12(16)17-15(19)22/h4-5,8-11,13,20,26H,6-7H2,1-3H3,(H,18,23)(H2,16,17,22)/t9-,10?,11?,13+/m0/s1. The highest BCUT2D eigenvalue weighted by molar-refractivity contribution is 8.00. The van der Waals surface area contributed by atoms with Gasteiger partial charge in [-0.15, -0.1) is 11.8 Å². The molecular formula is C15H25N4O6PS. The predicted octanol–water partition coefficient (Wildman–Crippen LogP) is 0.526. The maximum atomic E-state index is 12.0. The Morgan fingerprint density at radius 2 is 2.26 bits per heavy atom. The van der Waals surface area contributed by atoms with Crippen molar-refractivity contribution in [2.24, 2.45) is 0 Å². The number of esters is 1. The predicted molar refractivity (Wildman–Crippen MR) is 103 cm³/mol. The van der Waals surface area contributed by atoms with Gasteiger partial charge in [0.2, 0.25) is 0 Å². The van der Waals surface area contributed by atoms with Gasteiger partial charge in [-0.2, -0.15) is 4.98 Å². The number of thioether (sulfide) groups is 1. The van der Waals surface area contributed by atoms with Crippen LogP contribution < -0.4 is 16.5 Å². The summed E-state index contributed by atoms with van der Waals surface area (Å²) >= 11 is 1.33. The van der Waals surface area contributed by atoms with Gasteiger partial charge >= 0.3 is 11.7 Å². The maximum Gasteiger partial charge on any atom is 0.350 e. The van der Waals surface area contributed by atoms with Gasteiger partial charge in [0.05, 0.1) is 29.4 Å². The van der Waals surface area contributed by atoms with E-state index in [2.05, 4.69) is 10.1 Å². The molecule has 1 aliphatic rings. The summed E-state index contributed by atoms with van der Waals surface area (Å²) < 4.78 is 23.7. The SMILES string of the molecule is CC(C)OC(=O)[C@H](C)N[PH](=O)OCC1S[C@@H](n2ccc(N)nc2=O)CC1O. The lowest BCUT2D eigenvalue weighted by molar-refractivity contribution is -0.149. The van der Waals surface area contributed by atoms with Gasteiger partial charge in [0.15, 0.2) is 0 Å². The summed E-state index contributed by atoms with van der Waals surface area (Å²) in [7, 11) is -2.70. The number of nitrogens with zero attached hydrogens (tertiary/aromatic N) is 2. The van der Waals surface area contributed by atoms with Gasteiger partial charge in [-0.05, 0) is 26.8 Å². The van der Waals surface area contributed by atoms with Crippen LogP contribution in [0.1, 0.15) is 32.6 Å². The molecular weight excluding hydrogens is 395 g/mol. The summed E-state index contributed by atoms with van der Waals surface area (Å²) in [5.74, 6) is -0.382. The van der Waals surface area contributed by atoms with Gasteiger partial charge in [-0.3, -0.25) is 13.9 Å². The Labute approximate surface area is 161 Å². The number of nitrogens with two attached hydrogens (primary N) is 1. The minimum atomic E-state index is -2.70. The lowest BCUT2D eigenvalue weighted by Gasteiger charge is -2.17. The summed E-state index contributed by atoms with van der Waals surface area (Å²) in [5, 5.41) is 12.1. The molecule has 1 aromatic heterocycles. The van der Waals surface area contributed by atoms with E-state index < -0.39 is 32.0 Å². The lowest BCUT2D eigenvalue weighted by Crippen LogP contribution is -2.33. The molecule has 10 nitrogen and oxygen atoms in total. The average molecular weight is 420 g/mol. The molecule has 152 valence electrons. The zero-order valence-electron chi connectivity index (χ0n) is 15.3. The Morgan fingerprint density at radius 3 is 2.89 bits per heavy atom. The van der Waals surface area contributed by atoms with E-state index in [1.807, 2.05) is 0 Å². The van der Waals surface area contributed by atoms with Crippen LogP contribution in [0.3, 0.4) is 0 Å². The Bertz CT molecular complexity index is 745. The minimum absolute atomic E-state index is 0.0101. The average Bonchev–Trinajstić information content (AvgIpc) is 2.92. The number of carbonyl (C=O) groups is 1. The topological polar surface area (TPSA) is 146 Å². The van der Waals surface area contributed by atoms with Crippen molar-refractivity contribution in [2.45, 2.75) is 56.1 Å². The number of aliphatic hydroxyl groups is 1. The zero-order valence-corrected chi connectivity index (χ0v) is 17.1. The van der Waals surface area contributed by atoms with Crippen molar-refractivity contribution in [3.63, 3.8) is 0 Å². The third-order valence-corrected chi connectivity index (χ3v) is 6.42. The summed E-state index contributed by atoms with van der Waals surface area (Å²) in [6.45, 7) is 4.99. The quantitative estimate of drug-likeness (QED) is 0.402. The Morgan fingerprint density at radius 1 is 1.56 bits per heavy atom. The summed E-state index contributed by atoms with van der Waals surface area (Å²) in [6, 6.07) is 0.741. The lowest BCUT2D eigenvalue weighted by atomic mass is 10.2. The fourth-order valence-electron chi connectivity index (χ4n) is 2.45. The first-order valence-electron chi connectivity index (χ1n) is 8.49. The number of nitrogens with one attached hydrogen (secondary N) is 1. The minimum Gasteiger partial charge on any atom is -0.462 e. The van der Waals surface area contributed by atoms with E-state index in [1.165, 1.54) is 35.5 Å². The molecule has 1 fully saturated rings. The van der Waals surface area contributed by atoms with Gasteiger partial charge in [0, 0.05) is 12.6 Å². The van der Waals surface area contributed by atoms with Crippen molar-refractivity contribution in [3.8, 4) is 0 Å². The Balaban J connectivity index is 1.84. The molecule has 1 aromatic rings. The van der Waals surface area contributed by atoms with E-state index >= 15 is 0 Å². The van der Waals surface area contributed by atoms with Crippen molar-refractivity contribution in [3.05, 3.63) is 22.7 Å². The van der Waals surface area contributed by atoms with Crippen molar-refractivity contribution >= 4 is 31.7 Å². The largest absolute Gasteiger partial charge is 0.462 e. The molecule has 0 radical (unpaired) electrons. The number of aromatic nitrogens is 2. The van der Waals surface area contributed by atoms with Gasteiger partial charge in [-0.25, -0.2) is 9.88 Å². The molecule has 4 N–H and O–H groups in total. The number of ether oxygens (including phenoxy) is 1. The first-order valence-corrected chi connectivity index (χ1v) is 10.7. The van der Waals surface area contributed by atoms with Crippen molar-refractivity contribution in [1.29, 1.82) is 0 Å². The third-order valence-electron chi connectivity index (χ3n) is 3.78. The molecule has 2 heterocycles. The van der Waals surface area contributed by atoms with E-state index in [0.29, 0.717) is 6.42 Å². The number of hydrogen-bond acceptors (Lipinski definition) is 9. The molecule has 5 atom stereocenters. The Kier molecular flexibility index (Phi) is 7.87. The second-order valence-corrected chi connectivity index (χ2v) is 9.00. The first kappa shape index (κ1) is 21.9. The van der Waals surface area contributed by atoms with Crippen LogP contribution in [-0.4, -0.2) is 50.7 Å². The van der Waals surface area contributed by atoms with Crippen LogP contribution in [0.15, 0.2) is 17.1 Å². The molecule has 0 aliphatic carbocycles. The first-order chi connectivity index (χ1) is 12.7. The molecule has 12 heteroatoms. The van der Waals surface area contributed by atoms with Gasteiger partial charge in [-0.1, -0.05) is 0 Å². The highest BCUT2D eigenvalue weighted by Crippen LogP contribution is 2.41. The molecule has 2 rings (SSSR count). The van der Waals surface area contributed by atoms with Crippen LogP contribution in [0.5, 0.6) is 0 Å². The van der Waals surface area contributed by atoms with Crippen molar-refractivity contribution < 1.29 is 23.7 Å². The van der Waals surface area contributed by atoms with Crippen LogP contribution in [-0.2, 0) is 18.6 Å². The number of anilines is 1. The van der Waals surface area contributed by atoms with Crippen LogP contribution in [0.25, 0.3) is 0 Å². The smallest absolute Gasteiger partial charge is 0.350 e.